The Labute approximate surface area is 163 Å². The lowest BCUT2D eigenvalue weighted by molar-refractivity contribution is 0.0793. The van der Waals surface area contributed by atoms with Crippen LogP contribution in [0.2, 0.25) is 0 Å². The van der Waals surface area contributed by atoms with Gasteiger partial charge in [-0.15, -0.1) is 0 Å². The molecule has 0 aliphatic rings. The van der Waals surface area contributed by atoms with Gasteiger partial charge in [0.15, 0.2) is 0 Å². The van der Waals surface area contributed by atoms with Crippen molar-refractivity contribution in [2.75, 3.05) is 13.6 Å². The highest BCUT2D eigenvalue weighted by Crippen LogP contribution is 2.33. The van der Waals surface area contributed by atoms with Crippen molar-refractivity contribution in [3.05, 3.63) is 89.7 Å². The average molecular weight is 373 g/mol. The molecule has 0 atom stereocenters. The minimum atomic E-state index is -0.0385. The SMILES string of the molecule is CN(CCc1ccccn1)C(=O)c1ccccc1Sc1ccccc1C#N. The van der Waals surface area contributed by atoms with Gasteiger partial charge >= 0.3 is 0 Å². The first kappa shape index (κ1) is 18.7. The quantitative estimate of drug-likeness (QED) is 0.642. The molecule has 0 radical (unpaired) electrons. The molecule has 1 aromatic heterocycles. The lowest BCUT2D eigenvalue weighted by atomic mass is 10.2. The molecule has 3 rings (SSSR count). The maximum Gasteiger partial charge on any atom is 0.254 e. The summed E-state index contributed by atoms with van der Waals surface area (Å²) in [6.45, 7) is 0.587. The summed E-state index contributed by atoms with van der Waals surface area (Å²) in [7, 11) is 1.80. The van der Waals surface area contributed by atoms with Crippen LogP contribution >= 0.6 is 11.8 Å². The number of likely N-dealkylation sites (N-methyl/N-ethyl adjacent to an activating group) is 1. The zero-order chi connectivity index (χ0) is 19.1. The molecular weight excluding hydrogens is 354 g/mol. The standard InChI is InChI=1S/C22H19N3OS/c1-25(15-13-18-9-6-7-14-24-18)22(26)19-10-3-5-12-21(19)27-20-11-4-2-8-17(20)16-23/h2-12,14H,13,15H2,1H3. The van der Waals surface area contributed by atoms with Gasteiger partial charge < -0.3 is 4.90 Å². The van der Waals surface area contributed by atoms with Crippen molar-refractivity contribution in [3.63, 3.8) is 0 Å². The minimum Gasteiger partial charge on any atom is -0.341 e. The molecule has 0 spiro atoms. The molecule has 2 aromatic carbocycles. The van der Waals surface area contributed by atoms with Gasteiger partial charge in [-0.25, -0.2) is 0 Å². The molecule has 0 aliphatic carbocycles. The molecule has 0 aliphatic heterocycles. The van der Waals surface area contributed by atoms with Crippen LogP contribution in [0.5, 0.6) is 0 Å². The van der Waals surface area contributed by atoms with Gasteiger partial charge in [-0.05, 0) is 36.4 Å². The summed E-state index contributed by atoms with van der Waals surface area (Å²) in [6.07, 6.45) is 2.46. The second-order valence-corrected chi connectivity index (χ2v) is 7.09. The Hall–Kier alpha value is -3.10. The summed E-state index contributed by atoms with van der Waals surface area (Å²) in [5.74, 6) is -0.0385. The largest absolute Gasteiger partial charge is 0.341 e. The number of nitrogens with zero attached hydrogens (tertiary/aromatic N) is 3. The molecule has 5 heteroatoms. The highest BCUT2D eigenvalue weighted by atomic mass is 32.2. The Kier molecular flexibility index (Phi) is 6.24. The number of carbonyl (C=O) groups excluding carboxylic acids is 1. The molecule has 0 saturated heterocycles. The molecular formula is C22H19N3OS. The molecule has 0 fully saturated rings. The van der Waals surface area contributed by atoms with Crippen LogP contribution in [0.3, 0.4) is 0 Å². The van der Waals surface area contributed by atoms with Crippen LogP contribution in [0.15, 0.2) is 82.7 Å². The van der Waals surface area contributed by atoms with Gasteiger partial charge in [-0.1, -0.05) is 42.1 Å². The summed E-state index contributed by atoms with van der Waals surface area (Å²) in [5.41, 5.74) is 2.20. The van der Waals surface area contributed by atoms with Gasteiger partial charge in [0.2, 0.25) is 0 Å². The monoisotopic (exact) mass is 373 g/mol. The van der Waals surface area contributed by atoms with E-state index in [4.69, 9.17) is 0 Å². The summed E-state index contributed by atoms with van der Waals surface area (Å²) < 4.78 is 0. The Morgan fingerprint density at radius 2 is 1.74 bits per heavy atom. The summed E-state index contributed by atoms with van der Waals surface area (Å²) in [6, 6.07) is 22.9. The molecule has 0 bridgehead atoms. The number of hydrogen-bond acceptors (Lipinski definition) is 4. The fourth-order valence-electron chi connectivity index (χ4n) is 2.63. The smallest absolute Gasteiger partial charge is 0.254 e. The molecule has 0 unspecified atom stereocenters. The van der Waals surface area contributed by atoms with E-state index in [-0.39, 0.29) is 5.91 Å². The molecule has 1 amide bonds. The Morgan fingerprint density at radius 3 is 2.48 bits per heavy atom. The van der Waals surface area contributed by atoms with Crippen molar-refractivity contribution in [2.24, 2.45) is 0 Å². The van der Waals surface area contributed by atoms with Gasteiger partial charge in [-0.2, -0.15) is 5.26 Å². The highest BCUT2D eigenvalue weighted by molar-refractivity contribution is 7.99. The van der Waals surface area contributed by atoms with Crippen LogP contribution in [0.1, 0.15) is 21.6 Å². The van der Waals surface area contributed by atoms with Crippen LogP contribution in [0.25, 0.3) is 0 Å². The van der Waals surface area contributed by atoms with Crippen LogP contribution in [-0.2, 0) is 6.42 Å². The summed E-state index contributed by atoms with van der Waals surface area (Å²) >= 11 is 1.44. The van der Waals surface area contributed by atoms with Crippen molar-refractivity contribution in [3.8, 4) is 6.07 Å². The maximum atomic E-state index is 13.0. The molecule has 3 aromatic rings. The van der Waals surface area contributed by atoms with Gasteiger partial charge in [-0.3, -0.25) is 9.78 Å². The van der Waals surface area contributed by atoms with Crippen molar-refractivity contribution < 1.29 is 4.79 Å². The van der Waals surface area contributed by atoms with E-state index >= 15 is 0 Å². The first-order chi connectivity index (χ1) is 13.2. The van der Waals surface area contributed by atoms with Gasteiger partial charge in [0.05, 0.1) is 11.1 Å². The summed E-state index contributed by atoms with van der Waals surface area (Å²) in [5, 5.41) is 9.30. The zero-order valence-corrected chi connectivity index (χ0v) is 15.8. The van der Waals surface area contributed by atoms with E-state index in [1.807, 2.05) is 60.7 Å². The van der Waals surface area contributed by atoms with Crippen LogP contribution in [0.4, 0.5) is 0 Å². The number of amides is 1. The molecule has 1 heterocycles. The van der Waals surface area contributed by atoms with Crippen molar-refractivity contribution in [1.82, 2.24) is 9.88 Å². The van der Waals surface area contributed by atoms with Gasteiger partial charge in [0.25, 0.3) is 5.91 Å². The molecule has 0 saturated carbocycles. The second-order valence-electron chi connectivity index (χ2n) is 6.00. The van der Waals surface area contributed by atoms with E-state index in [0.717, 1.165) is 15.5 Å². The Bertz CT molecular complexity index is 967. The third-order valence-electron chi connectivity index (χ3n) is 4.12. The van der Waals surface area contributed by atoms with E-state index in [1.54, 1.807) is 24.2 Å². The molecule has 134 valence electrons. The number of aromatic nitrogens is 1. The number of hydrogen-bond donors (Lipinski definition) is 0. The first-order valence-electron chi connectivity index (χ1n) is 8.60. The second kappa shape index (κ2) is 9.02. The molecule has 0 N–H and O–H groups in total. The van der Waals surface area contributed by atoms with Crippen molar-refractivity contribution >= 4 is 17.7 Å². The normalized spacial score (nSPS) is 10.2. The fourth-order valence-corrected chi connectivity index (χ4v) is 3.65. The number of pyridine rings is 1. The predicted molar refractivity (Wildman–Crippen MR) is 107 cm³/mol. The third-order valence-corrected chi connectivity index (χ3v) is 5.27. The van der Waals surface area contributed by atoms with E-state index < -0.39 is 0 Å². The van der Waals surface area contributed by atoms with Crippen molar-refractivity contribution in [1.29, 1.82) is 5.26 Å². The number of benzene rings is 2. The topological polar surface area (TPSA) is 57.0 Å². The van der Waals surface area contributed by atoms with Crippen LogP contribution < -0.4 is 0 Å². The number of carbonyl (C=O) groups is 1. The van der Waals surface area contributed by atoms with Crippen molar-refractivity contribution in [2.45, 2.75) is 16.2 Å². The first-order valence-corrected chi connectivity index (χ1v) is 9.42. The number of rotatable bonds is 6. The molecule has 27 heavy (non-hydrogen) atoms. The fraction of sp³-hybridized carbons (Fsp3) is 0.136. The lowest BCUT2D eigenvalue weighted by Crippen LogP contribution is -2.29. The van der Waals surface area contributed by atoms with E-state index in [1.165, 1.54) is 11.8 Å². The summed E-state index contributed by atoms with van der Waals surface area (Å²) in [4.78, 5) is 20.7. The Morgan fingerprint density at radius 1 is 1.04 bits per heavy atom. The van der Waals surface area contributed by atoms with E-state index in [9.17, 15) is 10.1 Å². The highest BCUT2D eigenvalue weighted by Gasteiger charge is 2.17. The number of nitriles is 1. The van der Waals surface area contributed by atoms with Gasteiger partial charge in [0, 0.05) is 41.7 Å². The van der Waals surface area contributed by atoms with Crippen LogP contribution in [0, 0.1) is 11.3 Å². The predicted octanol–water partition coefficient (Wildman–Crippen LogP) is 4.42. The van der Waals surface area contributed by atoms with Gasteiger partial charge in [0.1, 0.15) is 6.07 Å². The van der Waals surface area contributed by atoms with E-state index in [0.29, 0.717) is 24.1 Å². The minimum absolute atomic E-state index is 0.0385. The Balaban J connectivity index is 1.76. The average Bonchev–Trinajstić information content (AvgIpc) is 2.73. The maximum absolute atomic E-state index is 13.0. The zero-order valence-electron chi connectivity index (χ0n) is 15.0. The van der Waals surface area contributed by atoms with E-state index in [2.05, 4.69) is 11.1 Å². The van der Waals surface area contributed by atoms with Crippen LogP contribution in [-0.4, -0.2) is 29.4 Å². The molecule has 4 nitrogen and oxygen atoms in total. The third kappa shape index (κ3) is 4.75. The lowest BCUT2D eigenvalue weighted by Gasteiger charge is -2.19.